The molecule has 94 valence electrons. The molecule has 0 spiro atoms. The van der Waals surface area contributed by atoms with Gasteiger partial charge in [-0.15, -0.1) is 17.9 Å². The van der Waals surface area contributed by atoms with Crippen molar-refractivity contribution in [1.82, 2.24) is 0 Å². The maximum absolute atomic E-state index is 11.6. The van der Waals surface area contributed by atoms with Crippen LogP contribution >= 0.6 is 11.3 Å². The SMILES string of the molecule is C=CCS(=O)(=O)Nc1c(C)csc1C(=O)OC. The number of hydrogen-bond acceptors (Lipinski definition) is 5. The lowest BCUT2D eigenvalue weighted by Crippen LogP contribution is -2.17. The van der Waals surface area contributed by atoms with Crippen LogP contribution in [0.5, 0.6) is 0 Å². The largest absolute Gasteiger partial charge is 0.465 e. The first kappa shape index (κ1) is 13.7. The third-order valence-corrected chi connectivity index (χ3v) is 4.21. The molecule has 0 aliphatic rings. The van der Waals surface area contributed by atoms with E-state index < -0.39 is 16.0 Å². The summed E-state index contributed by atoms with van der Waals surface area (Å²) in [5.41, 5.74) is 0.965. The summed E-state index contributed by atoms with van der Waals surface area (Å²) >= 11 is 1.14. The molecule has 0 atom stereocenters. The zero-order chi connectivity index (χ0) is 13.1. The van der Waals surface area contributed by atoms with Crippen LogP contribution in [0.2, 0.25) is 0 Å². The minimum atomic E-state index is -3.51. The van der Waals surface area contributed by atoms with Gasteiger partial charge in [0.15, 0.2) is 0 Å². The second-order valence-corrected chi connectivity index (χ2v) is 5.93. The Hall–Kier alpha value is -1.34. The minimum absolute atomic E-state index is 0.205. The van der Waals surface area contributed by atoms with Crippen molar-refractivity contribution in [2.45, 2.75) is 6.92 Å². The van der Waals surface area contributed by atoms with Crippen LogP contribution < -0.4 is 4.72 Å². The summed E-state index contributed by atoms with van der Waals surface area (Å²) in [5, 5.41) is 1.69. The Morgan fingerprint density at radius 1 is 1.65 bits per heavy atom. The molecule has 1 aromatic heterocycles. The lowest BCUT2D eigenvalue weighted by atomic mass is 10.3. The lowest BCUT2D eigenvalue weighted by Gasteiger charge is -2.07. The van der Waals surface area contributed by atoms with Gasteiger partial charge in [0, 0.05) is 0 Å². The van der Waals surface area contributed by atoms with Gasteiger partial charge in [-0.05, 0) is 17.9 Å². The molecule has 0 aliphatic heterocycles. The number of sulfonamides is 1. The highest BCUT2D eigenvalue weighted by atomic mass is 32.2. The summed E-state index contributed by atoms with van der Waals surface area (Å²) in [4.78, 5) is 11.7. The summed E-state index contributed by atoms with van der Waals surface area (Å²) in [6.45, 7) is 5.08. The molecule has 1 heterocycles. The van der Waals surface area contributed by atoms with Crippen LogP contribution in [-0.4, -0.2) is 27.2 Å². The molecule has 1 N–H and O–H groups in total. The summed E-state index contributed by atoms with van der Waals surface area (Å²) < 4.78 is 30.1. The Morgan fingerprint density at radius 3 is 2.82 bits per heavy atom. The van der Waals surface area contributed by atoms with Gasteiger partial charge in [0.05, 0.1) is 18.6 Å². The second kappa shape index (κ2) is 5.33. The number of anilines is 1. The van der Waals surface area contributed by atoms with E-state index in [-0.39, 0.29) is 16.3 Å². The van der Waals surface area contributed by atoms with Gasteiger partial charge in [-0.3, -0.25) is 4.72 Å². The van der Waals surface area contributed by atoms with E-state index in [1.165, 1.54) is 13.2 Å². The van der Waals surface area contributed by atoms with Crippen molar-refractivity contribution >= 4 is 33.0 Å². The van der Waals surface area contributed by atoms with E-state index in [4.69, 9.17) is 0 Å². The van der Waals surface area contributed by atoms with Crippen LogP contribution in [0.1, 0.15) is 15.2 Å². The fourth-order valence-corrected chi connectivity index (χ4v) is 3.12. The third kappa shape index (κ3) is 3.31. The number of esters is 1. The molecule has 0 aromatic carbocycles. The van der Waals surface area contributed by atoms with Gasteiger partial charge in [0.25, 0.3) is 0 Å². The highest BCUT2D eigenvalue weighted by Gasteiger charge is 2.20. The first-order valence-electron chi connectivity index (χ1n) is 4.69. The van der Waals surface area contributed by atoms with Crippen LogP contribution in [0.25, 0.3) is 0 Å². The molecule has 17 heavy (non-hydrogen) atoms. The number of ether oxygens (including phenoxy) is 1. The van der Waals surface area contributed by atoms with Gasteiger partial charge in [0.1, 0.15) is 4.88 Å². The fraction of sp³-hybridized carbons (Fsp3) is 0.300. The molecular formula is C10H13NO4S2. The average molecular weight is 275 g/mol. The molecule has 0 aliphatic carbocycles. The van der Waals surface area contributed by atoms with E-state index in [1.54, 1.807) is 12.3 Å². The fourth-order valence-electron chi connectivity index (χ4n) is 1.17. The topological polar surface area (TPSA) is 72.5 Å². The first-order chi connectivity index (χ1) is 7.91. The molecule has 0 saturated carbocycles. The summed E-state index contributed by atoms with van der Waals surface area (Å²) in [7, 11) is -2.26. The number of methoxy groups -OCH3 is 1. The van der Waals surface area contributed by atoms with Crippen molar-refractivity contribution in [3.63, 3.8) is 0 Å². The standard InChI is InChI=1S/C10H13NO4S2/c1-4-5-17(13,14)11-8-7(2)6-16-9(8)10(12)15-3/h4,6,11H,1,5H2,2-3H3. The Labute approximate surface area is 104 Å². The predicted octanol–water partition coefficient (Wildman–Crippen LogP) is 1.77. The highest BCUT2D eigenvalue weighted by molar-refractivity contribution is 7.92. The highest BCUT2D eigenvalue weighted by Crippen LogP contribution is 2.29. The molecule has 1 aromatic rings. The van der Waals surface area contributed by atoms with Crippen LogP contribution in [-0.2, 0) is 14.8 Å². The Bertz CT molecular complexity index is 531. The quantitative estimate of drug-likeness (QED) is 0.656. The van der Waals surface area contributed by atoms with Crippen LogP contribution in [0.15, 0.2) is 18.0 Å². The van der Waals surface area contributed by atoms with Crippen LogP contribution in [0.3, 0.4) is 0 Å². The van der Waals surface area contributed by atoms with Crippen molar-refractivity contribution in [2.24, 2.45) is 0 Å². The van der Waals surface area contributed by atoms with Gasteiger partial charge >= 0.3 is 5.97 Å². The minimum Gasteiger partial charge on any atom is -0.465 e. The van der Waals surface area contributed by atoms with Crippen molar-refractivity contribution in [3.8, 4) is 0 Å². The molecule has 5 nitrogen and oxygen atoms in total. The van der Waals surface area contributed by atoms with E-state index in [1.807, 2.05) is 0 Å². The molecule has 1 rings (SSSR count). The Morgan fingerprint density at radius 2 is 2.29 bits per heavy atom. The maximum Gasteiger partial charge on any atom is 0.350 e. The smallest absolute Gasteiger partial charge is 0.350 e. The summed E-state index contributed by atoms with van der Waals surface area (Å²) in [5.74, 6) is -0.762. The molecule has 0 bridgehead atoms. The third-order valence-electron chi connectivity index (χ3n) is 1.94. The molecule has 0 unspecified atom stereocenters. The van der Waals surface area contributed by atoms with E-state index in [9.17, 15) is 13.2 Å². The van der Waals surface area contributed by atoms with Crippen molar-refractivity contribution < 1.29 is 17.9 Å². The average Bonchev–Trinajstić information content (AvgIpc) is 2.59. The van der Waals surface area contributed by atoms with E-state index >= 15 is 0 Å². The maximum atomic E-state index is 11.6. The predicted molar refractivity (Wildman–Crippen MR) is 68.0 cm³/mol. The number of hydrogen-bond donors (Lipinski definition) is 1. The van der Waals surface area contributed by atoms with Gasteiger partial charge in [-0.1, -0.05) is 6.08 Å². The summed E-state index contributed by atoms with van der Waals surface area (Å²) in [6, 6.07) is 0. The van der Waals surface area contributed by atoms with Gasteiger partial charge in [-0.25, -0.2) is 13.2 Å². The first-order valence-corrected chi connectivity index (χ1v) is 7.22. The molecule has 0 saturated heterocycles. The molecule has 0 radical (unpaired) electrons. The monoisotopic (exact) mass is 275 g/mol. The Balaban J connectivity index is 3.10. The van der Waals surface area contributed by atoms with E-state index in [2.05, 4.69) is 16.0 Å². The van der Waals surface area contributed by atoms with Crippen LogP contribution in [0, 0.1) is 6.92 Å². The molecular weight excluding hydrogens is 262 g/mol. The second-order valence-electron chi connectivity index (χ2n) is 3.29. The number of rotatable bonds is 5. The van der Waals surface area contributed by atoms with Crippen LogP contribution in [0.4, 0.5) is 5.69 Å². The van der Waals surface area contributed by atoms with E-state index in [0.29, 0.717) is 5.56 Å². The van der Waals surface area contributed by atoms with Gasteiger partial charge in [0.2, 0.25) is 10.0 Å². The number of nitrogens with one attached hydrogen (secondary N) is 1. The number of aryl methyl sites for hydroxylation is 1. The Kier molecular flexibility index (Phi) is 4.30. The number of carbonyl (C=O) groups is 1. The van der Waals surface area contributed by atoms with Crippen molar-refractivity contribution in [3.05, 3.63) is 28.5 Å². The normalized spacial score (nSPS) is 10.9. The van der Waals surface area contributed by atoms with Crippen molar-refractivity contribution in [2.75, 3.05) is 17.6 Å². The van der Waals surface area contributed by atoms with Gasteiger partial charge < -0.3 is 4.74 Å². The number of thiophene rings is 1. The zero-order valence-electron chi connectivity index (χ0n) is 9.52. The molecule has 7 heteroatoms. The number of carbonyl (C=O) groups excluding carboxylic acids is 1. The summed E-state index contributed by atoms with van der Waals surface area (Å²) in [6.07, 6.45) is 1.28. The van der Waals surface area contributed by atoms with Crippen molar-refractivity contribution in [1.29, 1.82) is 0 Å². The lowest BCUT2D eigenvalue weighted by molar-refractivity contribution is 0.0607. The van der Waals surface area contributed by atoms with Gasteiger partial charge in [-0.2, -0.15) is 0 Å². The molecule has 0 amide bonds. The zero-order valence-corrected chi connectivity index (χ0v) is 11.2. The van der Waals surface area contributed by atoms with E-state index in [0.717, 1.165) is 11.3 Å². The molecule has 0 fully saturated rings.